The average Bonchev–Trinajstić information content (AvgIpc) is 2.18. The first-order valence-electron chi connectivity index (χ1n) is 4.40. The summed E-state index contributed by atoms with van der Waals surface area (Å²) in [6.45, 7) is 0. The molecule has 0 aliphatic heterocycles. The van der Waals surface area contributed by atoms with Crippen molar-refractivity contribution in [1.29, 1.82) is 0 Å². The highest BCUT2D eigenvalue weighted by molar-refractivity contribution is 6.05. The van der Waals surface area contributed by atoms with Crippen molar-refractivity contribution in [3.05, 3.63) is 35.9 Å². The Balaban J connectivity index is 2.86. The third-order valence-corrected chi connectivity index (χ3v) is 2.31. The summed E-state index contributed by atoms with van der Waals surface area (Å²) in [5, 5.41) is 10.4. The smallest absolute Gasteiger partial charge is 0.336 e. The van der Waals surface area contributed by atoms with Crippen molar-refractivity contribution in [1.82, 2.24) is 0 Å². The van der Waals surface area contributed by atoms with E-state index in [2.05, 4.69) is 0 Å². The molecule has 4 heteroatoms. The van der Waals surface area contributed by atoms with Gasteiger partial charge in [0, 0.05) is 0 Å². The lowest BCUT2D eigenvalue weighted by Gasteiger charge is -2.05. The van der Waals surface area contributed by atoms with Crippen LogP contribution in [-0.2, 0) is 0 Å². The Labute approximate surface area is 86.1 Å². The van der Waals surface area contributed by atoms with Crippen LogP contribution in [0.4, 0.5) is 11.4 Å². The van der Waals surface area contributed by atoms with E-state index in [0.717, 1.165) is 5.39 Å². The summed E-state index contributed by atoms with van der Waals surface area (Å²) in [6.07, 6.45) is 0. The fraction of sp³-hybridized carbons (Fsp3) is 0. The maximum Gasteiger partial charge on any atom is 0.336 e. The minimum absolute atomic E-state index is 0.235. The monoisotopic (exact) mass is 202 g/mol. The van der Waals surface area contributed by atoms with E-state index in [0.29, 0.717) is 16.8 Å². The molecule has 5 N–H and O–H groups in total. The molecule has 0 fully saturated rings. The van der Waals surface area contributed by atoms with Gasteiger partial charge >= 0.3 is 5.97 Å². The van der Waals surface area contributed by atoms with Gasteiger partial charge in [0.1, 0.15) is 0 Å². The number of carbonyl (C=O) groups is 1. The van der Waals surface area contributed by atoms with Crippen molar-refractivity contribution in [2.45, 2.75) is 0 Å². The van der Waals surface area contributed by atoms with Gasteiger partial charge in [-0.15, -0.1) is 0 Å². The molecule has 0 radical (unpaired) electrons. The van der Waals surface area contributed by atoms with E-state index in [1.54, 1.807) is 30.3 Å². The van der Waals surface area contributed by atoms with Gasteiger partial charge in [-0.1, -0.05) is 12.1 Å². The highest BCUT2D eigenvalue weighted by atomic mass is 16.4. The summed E-state index contributed by atoms with van der Waals surface area (Å²) in [5.41, 5.74) is 12.4. The maximum absolute atomic E-state index is 10.9. The maximum atomic E-state index is 10.9. The van der Waals surface area contributed by atoms with Gasteiger partial charge in [0.15, 0.2) is 0 Å². The molecule has 0 aliphatic rings. The third-order valence-electron chi connectivity index (χ3n) is 2.31. The lowest BCUT2D eigenvalue weighted by atomic mass is 10.0. The van der Waals surface area contributed by atoms with Gasteiger partial charge in [0.05, 0.1) is 16.9 Å². The Morgan fingerprint density at radius 3 is 2.47 bits per heavy atom. The van der Waals surface area contributed by atoms with Gasteiger partial charge < -0.3 is 16.6 Å². The molecular weight excluding hydrogens is 192 g/mol. The molecule has 0 heterocycles. The normalized spacial score (nSPS) is 10.4. The Morgan fingerprint density at radius 2 is 1.80 bits per heavy atom. The quantitative estimate of drug-likeness (QED) is 0.614. The topological polar surface area (TPSA) is 89.3 Å². The standard InChI is InChI=1S/C11H10N2O2/c12-9-4-6-2-1-3-7(11(14)15)8(6)5-10(9)13/h1-5H,12-13H2,(H,14,15). The Bertz CT molecular complexity index is 550. The van der Waals surface area contributed by atoms with Gasteiger partial charge in [-0.25, -0.2) is 4.79 Å². The number of nitrogens with two attached hydrogens (primary N) is 2. The van der Waals surface area contributed by atoms with Gasteiger partial charge in [0.2, 0.25) is 0 Å². The minimum Gasteiger partial charge on any atom is -0.478 e. The fourth-order valence-electron chi connectivity index (χ4n) is 1.55. The number of rotatable bonds is 1. The number of hydrogen-bond acceptors (Lipinski definition) is 3. The first kappa shape index (κ1) is 9.33. The molecule has 0 aromatic heterocycles. The molecule has 0 atom stereocenters. The number of benzene rings is 2. The zero-order chi connectivity index (χ0) is 11.0. The molecule has 2 rings (SSSR count). The number of carboxylic acid groups (broad SMARTS) is 1. The van der Waals surface area contributed by atoms with Crippen LogP contribution in [0, 0.1) is 0 Å². The first-order chi connectivity index (χ1) is 7.09. The molecule has 0 amide bonds. The molecule has 4 nitrogen and oxygen atoms in total. The van der Waals surface area contributed by atoms with Crippen LogP contribution >= 0.6 is 0 Å². The molecule has 2 aromatic carbocycles. The van der Waals surface area contributed by atoms with E-state index in [-0.39, 0.29) is 5.56 Å². The van der Waals surface area contributed by atoms with Crippen molar-refractivity contribution in [3.63, 3.8) is 0 Å². The lowest BCUT2D eigenvalue weighted by molar-refractivity contribution is 0.0699. The summed E-state index contributed by atoms with van der Waals surface area (Å²) in [7, 11) is 0. The molecule has 2 aromatic rings. The second-order valence-electron chi connectivity index (χ2n) is 3.31. The van der Waals surface area contributed by atoms with E-state index in [4.69, 9.17) is 16.6 Å². The van der Waals surface area contributed by atoms with Crippen LogP contribution in [0.3, 0.4) is 0 Å². The van der Waals surface area contributed by atoms with Crippen LogP contribution in [0.1, 0.15) is 10.4 Å². The van der Waals surface area contributed by atoms with Gasteiger partial charge in [0.25, 0.3) is 0 Å². The van der Waals surface area contributed by atoms with Crippen LogP contribution in [0.15, 0.2) is 30.3 Å². The van der Waals surface area contributed by atoms with Crippen molar-refractivity contribution in [3.8, 4) is 0 Å². The minimum atomic E-state index is -0.968. The number of aromatic carboxylic acids is 1. The molecule has 76 valence electrons. The second-order valence-corrected chi connectivity index (χ2v) is 3.31. The van der Waals surface area contributed by atoms with Crippen LogP contribution < -0.4 is 11.5 Å². The van der Waals surface area contributed by atoms with Crippen molar-refractivity contribution >= 4 is 28.1 Å². The van der Waals surface area contributed by atoms with Crippen LogP contribution in [0.2, 0.25) is 0 Å². The molecular formula is C11H10N2O2. The first-order valence-corrected chi connectivity index (χ1v) is 4.40. The van der Waals surface area contributed by atoms with Gasteiger partial charge in [-0.3, -0.25) is 0 Å². The van der Waals surface area contributed by atoms with E-state index in [9.17, 15) is 4.79 Å². The number of anilines is 2. The summed E-state index contributed by atoms with van der Waals surface area (Å²) >= 11 is 0. The largest absolute Gasteiger partial charge is 0.478 e. The van der Waals surface area contributed by atoms with Crippen LogP contribution in [0.25, 0.3) is 10.8 Å². The predicted octanol–water partition coefficient (Wildman–Crippen LogP) is 1.70. The van der Waals surface area contributed by atoms with E-state index >= 15 is 0 Å². The molecule has 0 aliphatic carbocycles. The Kier molecular flexibility index (Phi) is 1.97. The Hall–Kier alpha value is -2.23. The molecule has 0 saturated carbocycles. The third kappa shape index (κ3) is 1.46. The number of hydrogen-bond donors (Lipinski definition) is 3. The molecule has 0 saturated heterocycles. The highest BCUT2D eigenvalue weighted by Crippen LogP contribution is 2.26. The van der Waals surface area contributed by atoms with E-state index in [1.807, 2.05) is 0 Å². The predicted molar refractivity (Wildman–Crippen MR) is 59.7 cm³/mol. The molecule has 15 heavy (non-hydrogen) atoms. The number of fused-ring (bicyclic) bond motifs is 1. The number of nitrogen functional groups attached to an aromatic ring is 2. The molecule has 0 spiro atoms. The summed E-state index contributed by atoms with van der Waals surface area (Å²) < 4.78 is 0. The summed E-state index contributed by atoms with van der Waals surface area (Å²) in [4.78, 5) is 10.9. The SMILES string of the molecule is Nc1cc2cccc(C(=O)O)c2cc1N. The van der Waals surface area contributed by atoms with E-state index < -0.39 is 5.97 Å². The van der Waals surface area contributed by atoms with Crippen molar-refractivity contribution in [2.75, 3.05) is 11.5 Å². The van der Waals surface area contributed by atoms with Gasteiger partial charge in [-0.05, 0) is 29.0 Å². The van der Waals surface area contributed by atoms with Gasteiger partial charge in [-0.2, -0.15) is 0 Å². The highest BCUT2D eigenvalue weighted by Gasteiger charge is 2.09. The van der Waals surface area contributed by atoms with E-state index in [1.165, 1.54) is 0 Å². The average molecular weight is 202 g/mol. The van der Waals surface area contributed by atoms with Crippen molar-refractivity contribution in [2.24, 2.45) is 0 Å². The Morgan fingerprint density at radius 1 is 1.13 bits per heavy atom. The zero-order valence-electron chi connectivity index (χ0n) is 7.90. The van der Waals surface area contributed by atoms with Crippen LogP contribution in [-0.4, -0.2) is 11.1 Å². The molecule has 0 bridgehead atoms. The fourth-order valence-corrected chi connectivity index (χ4v) is 1.55. The number of carboxylic acids is 1. The summed E-state index contributed by atoms with van der Waals surface area (Å²) in [6, 6.07) is 8.30. The summed E-state index contributed by atoms with van der Waals surface area (Å²) in [5.74, 6) is -0.968. The zero-order valence-corrected chi connectivity index (χ0v) is 7.90. The second kappa shape index (κ2) is 3.16. The van der Waals surface area contributed by atoms with Crippen LogP contribution in [0.5, 0.6) is 0 Å². The molecule has 0 unspecified atom stereocenters. The van der Waals surface area contributed by atoms with Crippen molar-refractivity contribution < 1.29 is 9.90 Å². The lowest BCUT2D eigenvalue weighted by Crippen LogP contribution is -1.99.